The molecule has 0 spiro atoms. The van der Waals surface area contributed by atoms with Gasteiger partial charge in [-0.25, -0.2) is 4.90 Å². The third-order valence-electron chi connectivity index (χ3n) is 7.84. The summed E-state index contributed by atoms with van der Waals surface area (Å²) in [5.74, 6) is -3.61. The van der Waals surface area contributed by atoms with E-state index in [4.69, 9.17) is 4.74 Å². The Morgan fingerprint density at radius 3 is 2.52 bits per heavy atom. The van der Waals surface area contributed by atoms with E-state index in [1.807, 2.05) is 41.3 Å². The second-order valence-electron chi connectivity index (χ2n) is 9.77. The molecule has 0 saturated carbocycles. The fourth-order valence-corrected chi connectivity index (χ4v) is 6.16. The van der Waals surface area contributed by atoms with Gasteiger partial charge in [0, 0.05) is 17.8 Å². The molecular formula is C28H20N6O6. The highest BCUT2D eigenvalue weighted by Gasteiger charge is 2.65. The first-order valence-corrected chi connectivity index (χ1v) is 12.5. The van der Waals surface area contributed by atoms with E-state index in [9.17, 15) is 24.5 Å². The summed E-state index contributed by atoms with van der Waals surface area (Å²) >= 11 is 0. The van der Waals surface area contributed by atoms with Crippen LogP contribution in [0, 0.1) is 22.0 Å². The first kappa shape index (κ1) is 23.7. The number of benzene rings is 3. The number of carbonyl (C=O) groups excluding carboxylic acids is 3. The Hall–Kier alpha value is -5.39. The van der Waals surface area contributed by atoms with E-state index < -0.39 is 46.6 Å². The Labute approximate surface area is 226 Å². The number of hydrogen-bond donors (Lipinski definition) is 0. The van der Waals surface area contributed by atoms with Crippen molar-refractivity contribution in [1.82, 2.24) is 15.0 Å². The maximum atomic E-state index is 14.3. The summed E-state index contributed by atoms with van der Waals surface area (Å²) in [7, 11) is 1.35. The molecule has 0 radical (unpaired) electrons. The molecule has 4 atom stereocenters. The first-order valence-electron chi connectivity index (χ1n) is 12.5. The van der Waals surface area contributed by atoms with Crippen LogP contribution in [0.25, 0.3) is 17.1 Å². The fraction of sp³-hybridized carbons (Fsp3) is 0.179. The van der Waals surface area contributed by atoms with Gasteiger partial charge in [-0.2, -0.15) is 4.68 Å². The van der Waals surface area contributed by atoms with Gasteiger partial charge in [0.15, 0.2) is 0 Å². The monoisotopic (exact) mass is 536 g/mol. The van der Waals surface area contributed by atoms with E-state index in [2.05, 4.69) is 10.3 Å². The van der Waals surface area contributed by atoms with Gasteiger partial charge >= 0.3 is 0 Å². The van der Waals surface area contributed by atoms with Crippen LogP contribution in [-0.4, -0.2) is 56.8 Å². The first-order chi connectivity index (χ1) is 19.4. The molecule has 0 N–H and O–H groups in total. The van der Waals surface area contributed by atoms with E-state index in [1.54, 1.807) is 24.3 Å². The molecule has 0 unspecified atom stereocenters. The predicted molar refractivity (Wildman–Crippen MR) is 143 cm³/mol. The number of rotatable bonds is 4. The van der Waals surface area contributed by atoms with Gasteiger partial charge in [0.05, 0.1) is 35.4 Å². The summed E-state index contributed by atoms with van der Waals surface area (Å²) in [6.07, 6.45) is 3.70. The number of aromatic nitrogens is 3. The van der Waals surface area contributed by atoms with Gasteiger partial charge in [0.2, 0.25) is 11.8 Å². The Balaban J connectivity index is 1.40. The minimum atomic E-state index is -1.10. The molecule has 12 nitrogen and oxygen atoms in total. The third kappa shape index (κ3) is 3.16. The van der Waals surface area contributed by atoms with Gasteiger partial charge in [-0.1, -0.05) is 47.7 Å². The summed E-state index contributed by atoms with van der Waals surface area (Å²) in [4.78, 5) is 56.2. The fourth-order valence-electron chi connectivity index (χ4n) is 6.16. The molecule has 0 aliphatic carbocycles. The van der Waals surface area contributed by atoms with Crippen LogP contribution in [0.1, 0.15) is 10.4 Å². The maximum Gasteiger partial charge on any atom is 0.272 e. The highest BCUT2D eigenvalue weighted by molar-refractivity contribution is 6.25. The number of para-hydroxylation sites is 2. The molecular weight excluding hydrogens is 516 g/mol. The minimum Gasteiger partial charge on any atom is -0.495 e. The zero-order valence-electron chi connectivity index (χ0n) is 20.9. The Kier molecular flexibility index (Phi) is 5.07. The molecule has 7 rings (SSSR count). The topological polar surface area (TPSA) is 141 Å². The number of nitro benzene ring substituents is 1. The quantitative estimate of drug-likeness (QED) is 0.219. The lowest BCUT2D eigenvalue weighted by Crippen LogP contribution is -2.50. The van der Waals surface area contributed by atoms with Crippen molar-refractivity contribution in [1.29, 1.82) is 0 Å². The second-order valence-corrected chi connectivity index (χ2v) is 9.77. The molecule has 3 aromatic carbocycles. The average Bonchev–Trinajstić information content (AvgIpc) is 3.63. The van der Waals surface area contributed by atoms with Crippen LogP contribution < -0.4 is 14.5 Å². The number of hydrogen-bond acceptors (Lipinski definition) is 9. The van der Waals surface area contributed by atoms with Crippen molar-refractivity contribution in [2.24, 2.45) is 11.8 Å². The average molecular weight is 537 g/mol. The highest BCUT2D eigenvalue weighted by atomic mass is 16.6. The third-order valence-corrected chi connectivity index (χ3v) is 7.84. The SMILES string of the molecule is COc1ccc([N+](=O)[O-])cc1N1C(=O)[C@@H]2[C@@H](C1=O)[C@@H]1C=Cc3ccccc3N1[C@@H]2C(=O)n1nnc2ccccc21. The van der Waals surface area contributed by atoms with Gasteiger partial charge in [-0.05, 0) is 29.8 Å². The number of methoxy groups -OCH3 is 1. The van der Waals surface area contributed by atoms with Gasteiger partial charge in [0.25, 0.3) is 11.6 Å². The van der Waals surface area contributed by atoms with Gasteiger partial charge in [0.1, 0.15) is 23.0 Å². The van der Waals surface area contributed by atoms with Crippen molar-refractivity contribution in [3.8, 4) is 5.75 Å². The number of nitrogens with zero attached hydrogens (tertiary/aromatic N) is 6. The van der Waals surface area contributed by atoms with E-state index >= 15 is 0 Å². The molecule has 2 amide bonds. The van der Waals surface area contributed by atoms with E-state index in [-0.39, 0.29) is 17.1 Å². The van der Waals surface area contributed by atoms with Crippen molar-refractivity contribution in [2.45, 2.75) is 12.1 Å². The zero-order valence-corrected chi connectivity index (χ0v) is 20.9. The summed E-state index contributed by atoms with van der Waals surface area (Å²) in [5.41, 5.74) is 2.21. The van der Waals surface area contributed by atoms with Crippen molar-refractivity contribution >= 4 is 51.9 Å². The molecule has 4 heterocycles. The Morgan fingerprint density at radius 1 is 0.975 bits per heavy atom. The molecule has 2 saturated heterocycles. The van der Waals surface area contributed by atoms with Crippen molar-refractivity contribution in [2.75, 3.05) is 16.9 Å². The predicted octanol–water partition coefficient (Wildman–Crippen LogP) is 3.08. The van der Waals surface area contributed by atoms with E-state index in [0.717, 1.165) is 16.5 Å². The maximum absolute atomic E-state index is 14.3. The van der Waals surface area contributed by atoms with Gasteiger partial charge in [-0.15, -0.1) is 5.10 Å². The molecule has 3 aliphatic rings. The van der Waals surface area contributed by atoms with Crippen LogP contribution in [0.3, 0.4) is 0 Å². The largest absolute Gasteiger partial charge is 0.495 e. The van der Waals surface area contributed by atoms with Gasteiger partial charge in [-0.3, -0.25) is 24.5 Å². The molecule has 40 heavy (non-hydrogen) atoms. The summed E-state index contributed by atoms with van der Waals surface area (Å²) in [5, 5.41) is 19.7. The van der Waals surface area contributed by atoms with Crippen molar-refractivity contribution < 1.29 is 24.0 Å². The molecule has 198 valence electrons. The summed E-state index contributed by atoms with van der Waals surface area (Å²) < 4.78 is 6.54. The zero-order chi connectivity index (χ0) is 27.7. The number of ether oxygens (including phenoxy) is 1. The van der Waals surface area contributed by atoms with Crippen LogP contribution in [0.15, 0.2) is 72.8 Å². The lowest BCUT2D eigenvalue weighted by Gasteiger charge is -2.36. The minimum absolute atomic E-state index is 0.0368. The van der Waals surface area contributed by atoms with Crippen LogP contribution in [-0.2, 0) is 9.59 Å². The molecule has 12 heteroatoms. The number of anilines is 2. The number of imide groups is 1. The van der Waals surface area contributed by atoms with Crippen LogP contribution in [0.2, 0.25) is 0 Å². The smallest absolute Gasteiger partial charge is 0.272 e. The van der Waals surface area contributed by atoms with Crippen molar-refractivity contribution in [3.63, 3.8) is 0 Å². The van der Waals surface area contributed by atoms with Crippen LogP contribution in [0.4, 0.5) is 17.1 Å². The molecule has 2 fully saturated rings. The molecule has 0 bridgehead atoms. The molecule has 4 aromatic rings. The van der Waals surface area contributed by atoms with Crippen molar-refractivity contribution in [3.05, 3.63) is 88.5 Å². The Morgan fingerprint density at radius 2 is 1.73 bits per heavy atom. The highest BCUT2D eigenvalue weighted by Crippen LogP contribution is 2.50. The lowest BCUT2D eigenvalue weighted by atomic mass is 9.88. The molecule has 3 aliphatic heterocycles. The van der Waals surface area contributed by atoms with Crippen LogP contribution >= 0.6 is 0 Å². The number of nitro groups is 1. The standard InChI is InChI=1S/C28H20N6O6/c1-40-22-13-11-16(34(38)39)14-21(22)32-26(35)23-20-12-10-15-6-2-4-8-18(15)31(20)25(24(23)27(32)36)28(37)33-19-9-5-3-7-17(19)29-30-33/h2-14,20,23-25H,1H3/t20-,23-,24+,25-/m0/s1. The number of amides is 2. The summed E-state index contributed by atoms with van der Waals surface area (Å²) in [6.45, 7) is 0. The number of fused-ring (bicyclic) bond motifs is 6. The van der Waals surface area contributed by atoms with E-state index in [1.165, 1.54) is 23.9 Å². The summed E-state index contributed by atoms with van der Waals surface area (Å²) in [6, 6.07) is 16.4. The van der Waals surface area contributed by atoms with Gasteiger partial charge < -0.3 is 9.64 Å². The van der Waals surface area contributed by atoms with Crippen LogP contribution in [0.5, 0.6) is 5.75 Å². The molecule has 1 aromatic heterocycles. The normalized spacial score (nSPS) is 22.8. The second kappa shape index (κ2) is 8.56. The van der Waals surface area contributed by atoms with E-state index in [0.29, 0.717) is 16.7 Å². The lowest BCUT2D eigenvalue weighted by molar-refractivity contribution is -0.384. The number of non-ortho nitro benzene ring substituents is 1. The number of carbonyl (C=O) groups is 3. The Bertz CT molecular complexity index is 1800.